The number of nitrogens with one attached hydrogen (secondary N) is 1. The number of hydrogen-bond acceptors (Lipinski definition) is 2. The molecule has 0 heterocycles. The molecule has 0 aliphatic rings. The van der Waals surface area contributed by atoms with Crippen LogP contribution in [0.2, 0.25) is 0 Å². The summed E-state index contributed by atoms with van der Waals surface area (Å²) in [5, 5.41) is 3.62. The van der Waals surface area contributed by atoms with Crippen LogP contribution in [-0.2, 0) is 6.42 Å². The maximum atomic E-state index is 5.90. The van der Waals surface area contributed by atoms with Crippen molar-refractivity contribution in [3.63, 3.8) is 0 Å². The van der Waals surface area contributed by atoms with Crippen molar-refractivity contribution in [2.24, 2.45) is 5.73 Å². The largest absolute Gasteiger partial charge is 0.329 e. The van der Waals surface area contributed by atoms with E-state index in [0.29, 0.717) is 12.6 Å². The maximum absolute atomic E-state index is 5.90. The lowest BCUT2D eigenvalue weighted by Crippen LogP contribution is -2.53. The molecule has 3 N–H and O–H groups in total. The predicted molar refractivity (Wildman–Crippen MR) is 70.5 cm³/mol. The van der Waals surface area contributed by atoms with Gasteiger partial charge in [0.15, 0.2) is 0 Å². The summed E-state index contributed by atoms with van der Waals surface area (Å²) < 4.78 is 0. The summed E-state index contributed by atoms with van der Waals surface area (Å²) in [5.74, 6) is 0. The van der Waals surface area contributed by atoms with Gasteiger partial charge in [-0.2, -0.15) is 0 Å². The zero-order valence-corrected chi connectivity index (χ0v) is 10.7. The van der Waals surface area contributed by atoms with Gasteiger partial charge in [-0.3, -0.25) is 0 Å². The normalized spacial score (nSPS) is 16.8. The first kappa shape index (κ1) is 13.2. The van der Waals surface area contributed by atoms with Crippen LogP contribution in [0.15, 0.2) is 30.3 Å². The third kappa shape index (κ3) is 3.95. The average molecular weight is 220 g/mol. The zero-order chi connectivity index (χ0) is 12.0. The lowest BCUT2D eigenvalue weighted by molar-refractivity contribution is 0.317. The van der Waals surface area contributed by atoms with Crippen LogP contribution in [0.1, 0.15) is 32.8 Å². The maximum Gasteiger partial charge on any atom is 0.0318 e. The van der Waals surface area contributed by atoms with Crippen LogP contribution in [0.4, 0.5) is 0 Å². The number of rotatable bonds is 6. The van der Waals surface area contributed by atoms with Crippen molar-refractivity contribution in [1.82, 2.24) is 5.32 Å². The van der Waals surface area contributed by atoms with Crippen molar-refractivity contribution >= 4 is 0 Å². The van der Waals surface area contributed by atoms with Crippen LogP contribution >= 0.6 is 0 Å². The molecule has 0 radical (unpaired) electrons. The SMILES string of the molecule is CCC(C)NC(C)(CN)Cc1ccccc1. The Morgan fingerprint density at radius 2 is 1.94 bits per heavy atom. The fourth-order valence-corrected chi connectivity index (χ4v) is 1.93. The minimum Gasteiger partial charge on any atom is -0.329 e. The van der Waals surface area contributed by atoms with Gasteiger partial charge >= 0.3 is 0 Å². The van der Waals surface area contributed by atoms with E-state index in [0.717, 1.165) is 12.8 Å². The van der Waals surface area contributed by atoms with Crippen LogP contribution < -0.4 is 11.1 Å². The minimum absolute atomic E-state index is 0.00319. The monoisotopic (exact) mass is 220 g/mol. The van der Waals surface area contributed by atoms with Gasteiger partial charge in [0.05, 0.1) is 0 Å². The molecule has 0 spiro atoms. The third-order valence-electron chi connectivity index (χ3n) is 3.09. The van der Waals surface area contributed by atoms with E-state index in [2.05, 4.69) is 50.4 Å². The molecule has 0 amide bonds. The highest BCUT2D eigenvalue weighted by atomic mass is 15.0. The highest BCUT2D eigenvalue weighted by Gasteiger charge is 2.23. The van der Waals surface area contributed by atoms with Gasteiger partial charge in [0.2, 0.25) is 0 Å². The molecule has 1 aromatic carbocycles. The molecule has 0 bridgehead atoms. The molecule has 2 nitrogen and oxygen atoms in total. The Morgan fingerprint density at radius 3 is 2.44 bits per heavy atom. The van der Waals surface area contributed by atoms with Crippen molar-refractivity contribution in [2.45, 2.75) is 45.2 Å². The Kier molecular flexibility index (Phi) is 4.97. The highest BCUT2D eigenvalue weighted by molar-refractivity contribution is 5.17. The van der Waals surface area contributed by atoms with Gasteiger partial charge in [0, 0.05) is 18.1 Å². The molecule has 0 fully saturated rings. The highest BCUT2D eigenvalue weighted by Crippen LogP contribution is 2.13. The van der Waals surface area contributed by atoms with E-state index in [1.807, 2.05) is 6.07 Å². The lowest BCUT2D eigenvalue weighted by Gasteiger charge is -2.33. The van der Waals surface area contributed by atoms with Gasteiger partial charge in [-0.05, 0) is 32.3 Å². The van der Waals surface area contributed by atoms with E-state index in [1.54, 1.807) is 0 Å². The quantitative estimate of drug-likeness (QED) is 0.772. The van der Waals surface area contributed by atoms with Gasteiger partial charge in [0.1, 0.15) is 0 Å². The van der Waals surface area contributed by atoms with E-state index < -0.39 is 0 Å². The molecule has 2 unspecified atom stereocenters. The van der Waals surface area contributed by atoms with Crippen molar-refractivity contribution in [2.75, 3.05) is 6.54 Å². The summed E-state index contributed by atoms with van der Waals surface area (Å²) in [6.45, 7) is 7.26. The Morgan fingerprint density at radius 1 is 1.31 bits per heavy atom. The van der Waals surface area contributed by atoms with Crippen molar-refractivity contribution in [3.05, 3.63) is 35.9 Å². The zero-order valence-electron chi connectivity index (χ0n) is 10.7. The van der Waals surface area contributed by atoms with Gasteiger partial charge < -0.3 is 11.1 Å². The molecular formula is C14H24N2. The topological polar surface area (TPSA) is 38.0 Å². The Hall–Kier alpha value is -0.860. The second-order valence-electron chi connectivity index (χ2n) is 4.88. The van der Waals surface area contributed by atoms with E-state index >= 15 is 0 Å². The second kappa shape index (κ2) is 6.02. The first-order valence-electron chi connectivity index (χ1n) is 6.11. The van der Waals surface area contributed by atoms with Gasteiger partial charge in [0.25, 0.3) is 0 Å². The Labute approximate surface area is 99.2 Å². The molecule has 2 atom stereocenters. The molecule has 1 rings (SSSR count). The molecule has 90 valence electrons. The van der Waals surface area contributed by atoms with Crippen LogP contribution in [0.25, 0.3) is 0 Å². The first-order valence-corrected chi connectivity index (χ1v) is 6.11. The molecule has 16 heavy (non-hydrogen) atoms. The second-order valence-corrected chi connectivity index (χ2v) is 4.88. The third-order valence-corrected chi connectivity index (χ3v) is 3.09. The smallest absolute Gasteiger partial charge is 0.0318 e. The van der Waals surface area contributed by atoms with Gasteiger partial charge in [-0.1, -0.05) is 37.3 Å². The first-order chi connectivity index (χ1) is 7.59. The summed E-state index contributed by atoms with van der Waals surface area (Å²) in [6, 6.07) is 11.0. The number of hydrogen-bond donors (Lipinski definition) is 2. The number of nitrogens with two attached hydrogens (primary N) is 1. The lowest BCUT2D eigenvalue weighted by atomic mass is 9.92. The summed E-state index contributed by atoms with van der Waals surface area (Å²) in [5.41, 5.74) is 7.23. The van der Waals surface area contributed by atoms with Crippen LogP contribution in [0.5, 0.6) is 0 Å². The van der Waals surface area contributed by atoms with E-state index in [1.165, 1.54) is 5.56 Å². The summed E-state index contributed by atoms with van der Waals surface area (Å²) in [4.78, 5) is 0. The van der Waals surface area contributed by atoms with E-state index in [9.17, 15) is 0 Å². The fraction of sp³-hybridized carbons (Fsp3) is 0.571. The van der Waals surface area contributed by atoms with Gasteiger partial charge in [-0.15, -0.1) is 0 Å². The molecule has 0 saturated carbocycles. The standard InChI is InChI=1S/C14H24N2/c1-4-12(2)16-14(3,11-15)10-13-8-6-5-7-9-13/h5-9,12,16H,4,10-11,15H2,1-3H3. The van der Waals surface area contributed by atoms with E-state index in [4.69, 9.17) is 5.73 Å². The fourth-order valence-electron chi connectivity index (χ4n) is 1.93. The van der Waals surface area contributed by atoms with Crippen molar-refractivity contribution in [3.8, 4) is 0 Å². The number of benzene rings is 1. The summed E-state index contributed by atoms with van der Waals surface area (Å²) in [6.07, 6.45) is 2.11. The summed E-state index contributed by atoms with van der Waals surface area (Å²) in [7, 11) is 0. The Balaban J connectivity index is 2.66. The molecule has 1 aromatic rings. The van der Waals surface area contributed by atoms with Crippen LogP contribution in [-0.4, -0.2) is 18.1 Å². The molecule has 0 aliphatic carbocycles. The molecule has 0 aliphatic heterocycles. The van der Waals surface area contributed by atoms with Crippen LogP contribution in [0, 0.1) is 0 Å². The molecular weight excluding hydrogens is 196 g/mol. The summed E-state index contributed by atoms with van der Waals surface area (Å²) >= 11 is 0. The van der Waals surface area contributed by atoms with Crippen molar-refractivity contribution in [1.29, 1.82) is 0 Å². The average Bonchev–Trinajstić information content (AvgIpc) is 2.30. The van der Waals surface area contributed by atoms with E-state index in [-0.39, 0.29) is 5.54 Å². The molecule has 0 aromatic heterocycles. The predicted octanol–water partition coefficient (Wildman–Crippen LogP) is 2.33. The molecule has 0 saturated heterocycles. The molecule has 2 heteroatoms. The minimum atomic E-state index is -0.00319. The van der Waals surface area contributed by atoms with Crippen molar-refractivity contribution < 1.29 is 0 Å². The Bertz CT molecular complexity index is 297. The van der Waals surface area contributed by atoms with Crippen LogP contribution in [0.3, 0.4) is 0 Å². The van der Waals surface area contributed by atoms with Gasteiger partial charge in [-0.25, -0.2) is 0 Å².